The monoisotopic (exact) mass is 236 g/mol. The van der Waals surface area contributed by atoms with Crippen LogP contribution in [0.4, 0.5) is 0 Å². The normalized spacial score (nSPS) is 42.8. The highest BCUT2D eigenvalue weighted by Crippen LogP contribution is 2.56. The van der Waals surface area contributed by atoms with Gasteiger partial charge in [-0.15, -0.1) is 0 Å². The van der Waals surface area contributed by atoms with Crippen LogP contribution in [-0.4, -0.2) is 30.9 Å². The summed E-state index contributed by atoms with van der Waals surface area (Å²) in [6.45, 7) is 1.11. The van der Waals surface area contributed by atoms with Crippen LogP contribution >= 0.6 is 0 Å². The van der Waals surface area contributed by atoms with Gasteiger partial charge in [0.2, 0.25) is 5.91 Å². The van der Waals surface area contributed by atoms with Gasteiger partial charge in [-0.2, -0.15) is 0 Å². The molecule has 3 nitrogen and oxygen atoms in total. The van der Waals surface area contributed by atoms with Crippen molar-refractivity contribution in [2.24, 2.45) is 35.3 Å². The summed E-state index contributed by atoms with van der Waals surface area (Å²) < 4.78 is 0. The minimum atomic E-state index is 0.0961. The van der Waals surface area contributed by atoms with Crippen LogP contribution in [0.15, 0.2) is 0 Å². The maximum absolute atomic E-state index is 11.6. The van der Waals surface area contributed by atoms with Gasteiger partial charge in [0.05, 0.1) is 6.54 Å². The lowest BCUT2D eigenvalue weighted by molar-refractivity contribution is -0.131. The van der Waals surface area contributed by atoms with Gasteiger partial charge in [-0.25, -0.2) is 0 Å². The van der Waals surface area contributed by atoms with E-state index >= 15 is 0 Å². The zero-order valence-corrected chi connectivity index (χ0v) is 10.8. The van der Waals surface area contributed by atoms with E-state index in [4.69, 9.17) is 5.73 Å². The number of carbonyl (C=O) groups is 1. The first kappa shape index (κ1) is 11.5. The molecule has 4 aliphatic rings. The summed E-state index contributed by atoms with van der Waals surface area (Å²) in [4.78, 5) is 13.4. The average Bonchev–Trinajstić information content (AvgIpc) is 2.31. The highest BCUT2D eigenvalue weighted by atomic mass is 16.2. The summed E-state index contributed by atoms with van der Waals surface area (Å²) in [7, 11) is 1.92. The molecule has 4 saturated carbocycles. The topological polar surface area (TPSA) is 46.3 Å². The number of rotatable bonds is 3. The second-order valence-electron chi connectivity index (χ2n) is 6.57. The van der Waals surface area contributed by atoms with Crippen LogP contribution in [0.3, 0.4) is 0 Å². The smallest absolute Gasteiger partial charge is 0.236 e. The molecule has 0 saturated heterocycles. The third kappa shape index (κ3) is 1.99. The minimum absolute atomic E-state index is 0.0961. The van der Waals surface area contributed by atoms with Gasteiger partial charge in [0.1, 0.15) is 0 Å². The number of hydrogen-bond acceptors (Lipinski definition) is 2. The fraction of sp³-hybridized carbons (Fsp3) is 0.929. The number of hydrogen-bond donors (Lipinski definition) is 1. The van der Waals surface area contributed by atoms with Crippen molar-refractivity contribution in [1.82, 2.24) is 4.90 Å². The fourth-order valence-corrected chi connectivity index (χ4v) is 4.91. The van der Waals surface area contributed by atoms with Gasteiger partial charge in [-0.05, 0) is 61.7 Å². The molecule has 0 atom stereocenters. The van der Waals surface area contributed by atoms with E-state index in [-0.39, 0.29) is 12.5 Å². The highest BCUT2D eigenvalue weighted by molar-refractivity contribution is 5.77. The van der Waals surface area contributed by atoms with Crippen LogP contribution in [0.2, 0.25) is 0 Å². The van der Waals surface area contributed by atoms with E-state index in [0.717, 1.165) is 36.1 Å². The molecule has 0 aromatic rings. The van der Waals surface area contributed by atoms with E-state index in [0.29, 0.717) is 0 Å². The Hall–Kier alpha value is -0.570. The Labute approximate surface area is 104 Å². The first-order valence-corrected chi connectivity index (χ1v) is 7.11. The number of carbonyl (C=O) groups excluding carboxylic acids is 1. The third-order valence-electron chi connectivity index (χ3n) is 5.51. The van der Waals surface area contributed by atoms with Crippen molar-refractivity contribution in [3.05, 3.63) is 0 Å². The average molecular weight is 236 g/mol. The van der Waals surface area contributed by atoms with E-state index < -0.39 is 0 Å². The van der Waals surface area contributed by atoms with E-state index in [9.17, 15) is 4.79 Å². The van der Waals surface area contributed by atoms with Crippen LogP contribution < -0.4 is 5.73 Å². The van der Waals surface area contributed by atoms with Crippen LogP contribution in [0.5, 0.6) is 0 Å². The highest BCUT2D eigenvalue weighted by Gasteiger charge is 2.48. The molecule has 0 spiro atoms. The van der Waals surface area contributed by atoms with E-state index in [2.05, 4.69) is 0 Å². The van der Waals surface area contributed by atoms with Gasteiger partial charge >= 0.3 is 0 Å². The van der Waals surface area contributed by atoms with Gasteiger partial charge in [-0.3, -0.25) is 4.79 Å². The molecule has 0 unspecified atom stereocenters. The molecule has 4 rings (SSSR count). The zero-order chi connectivity index (χ0) is 12.0. The van der Waals surface area contributed by atoms with Gasteiger partial charge in [0.25, 0.3) is 0 Å². The van der Waals surface area contributed by atoms with Crippen molar-refractivity contribution < 1.29 is 4.79 Å². The molecule has 0 radical (unpaired) electrons. The van der Waals surface area contributed by atoms with Crippen LogP contribution in [0.25, 0.3) is 0 Å². The lowest BCUT2D eigenvalue weighted by Crippen LogP contribution is -2.49. The Morgan fingerprint density at radius 1 is 1.12 bits per heavy atom. The lowest BCUT2D eigenvalue weighted by Gasteiger charge is -2.55. The molecule has 17 heavy (non-hydrogen) atoms. The van der Waals surface area contributed by atoms with Gasteiger partial charge in [0, 0.05) is 13.6 Å². The number of amides is 1. The Kier molecular flexibility index (Phi) is 2.89. The van der Waals surface area contributed by atoms with Crippen LogP contribution in [0.1, 0.15) is 32.1 Å². The minimum Gasteiger partial charge on any atom is -0.344 e. The first-order chi connectivity index (χ1) is 8.17. The Morgan fingerprint density at radius 3 is 2.12 bits per heavy atom. The Morgan fingerprint density at radius 2 is 1.65 bits per heavy atom. The quantitative estimate of drug-likeness (QED) is 0.806. The molecule has 4 fully saturated rings. The van der Waals surface area contributed by atoms with Crippen molar-refractivity contribution in [1.29, 1.82) is 0 Å². The Balaban J connectivity index is 1.66. The van der Waals surface area contributed by atoms with Crippen LogP contribution in [-0.2, 0) is 4.79 Å². The van der Waals surface area contributed by atoms with E-state index in [1.165, 1.54) is 32.1 Å². The molecule has 0 aromatic heterocycles. The van der Waals surface area contributed by atoms with Gasteiger partial charge in [0.15, 0.2) is 0 Å². The van der Waals surface area contributed by atoms with Crippen LogP contribution in [0, 0.1) is 29.6 Å². The molecule has 0 aliphatic heterocycles. The summed E-state index contributed by atoms with van der Waals surface area (Å²) >= 11 is 0. The maximum Gasteiger partial charge on any atom is 0.236 e. The second kappa shape index (κ2) is 4.27. The summed E-state index contributed by atoms with van der Waals surface area (Å²) in [5, 5.41) is 0. The molecule has 0 aromatic carbocycles. The molecular weight excluding hydrogens is 212 g/mol. The molecule has 2 N–H and O–H groups in total. The third-order valence-corrected chi connectivity index (χ3v) is 5.51. The fourth-order valence-electron chi connectivity index (χ4n) is 4.91. The lowest BCUT2D eigenvalue weighted by atomic mass is 9.52. The molecule has 96 valence electrons. The molecule has 3 heteroatoms. The summed E-state index contributed by atoms with van der Waals surface area (Å²) in [6, 6.07) is 0. The SMILES string of the molecule is CN(CC1C2CC3CC(C2)CC1C3)C(=O)CN. The number of nitrogens with two attached hydrogens (primary N) is 1. The molecule has 0 heterocycles. The summed E-state index contributed by atoms with van der Waals surface area (Å²) in [5.74, 6) is 4.70. The second-order valence-corrected chi connectivity index (χ2v) is 6.57. The largest absolute Gasteiger partial charge is 0.344 e. The van der Waals surface area contributed by atoms with Gasteiger partial charge in [-0.1, -0.05) is 0 Å². The molecular formula is C14H24N2O. The first-order valence-electron chi connectivity index (χ1n) is 7.11. The summed E-state index contributed by atoms with van der Waals surface area (Å²) in [5.41, 5.74) is 5.43. The number of nitrogens with zero attached hydrogens (tertiary/aromatic N) is 1. The standard InChI is InChI=1S/C14H24N2O/c1-16(14(17)7-15)8-13-11-3-9-2-10(5-11)6-12(13)4-9/h9-13H,2-8,15H2,1H3. The number of likely N-dealkylation sites (N-methyl/N-ethyl adjacent to an activating group) is 1. The van der Waals surface area contributed by atoms with E-state index in [1.807, 2.05) is 11.9 Å². The van der Waals surface area contributed by atoms with Crippen molar-refractivity contribution in [3.63, 3.8) is 0 Å². The summed E-state index contributed by atoms with van der Waals surface area (Å²) in [6.07, 6.45) is 7.23. The molecule has 4 aliphatic carbocycles. The van der Waals surface area contributed by atoms with Crippen molar-refractivity contribution in [2.75, 3.05) is 20.1 Å². The predicted octanol–water partition coefficient (Wildman–Crippen LogP) is 1.48. The Bertz CT molecular complexity index is 287. The predicted molar refractivity (Wildman–Crippen MR) is 67.2 cm³/mol. The molecule has 1 amide bonds. The van der Waals surface area contributed by atoms with Crippen molar-refractivity contribution in [3.8, 4) is 0 Å². The zero-order valence-electron chi connectivity index (χ0n) is 10.8. The van der Waals surface area contributed by atoms with E-state index in [1.54, 1.807) is 0 Å². The molecule has 4 bridgehead atoms. The van der Waals surface area contributed by atoms with Crippen molar-refractivity contribution in [2.45, 2.75) is 32.1 Å². The maximum atomic E-state index is 11.6. The van der Waals surface area contributed by atoms with Gasteiger partial charge < -0.3 is 10.6 Å². The van der Waals surface area contributed by atoms with Crippen molar-refractivity contribution >= 4 is 5.91 Å².